The highest BCUT2D eigenvalue weighted by Gasteiger charge is 2.32. The fourth-order valence-electron chi connectivity index (χ4n) is 3.06. The van der Waals surface area contributed by atoms with E-state index in [1.54, 1.807) is 0 Å². The minimum Gasteiger partial charge on any atom is -0.394 e. The van der Waals surface area contributed by atoms with Crippen LogP contribution in [0.25, 0.3) is 0 Å². The highest BCUT2D eigenvalue weighted by molar-refractivity contribution is 5.24. The van der Waals surface area contributed by atoms with Gasteiger partial charge < -0.3 is 15.2 Å². The molecular formula is C17H27NO2. The molecule has 2 rings (SSSR count). The molecule has 20 heavy (non-hydrogen) atoms. The van der Waals surface area contributed by atoms with Gasteiger partial charge in [-0.2, -0.15) is 0 Å². The Morgan fingerprint density at radius 3 is 2.65 bits per heavy atom. The monoisotopic (exact) mass is 277 g/mol. The third kappa shape index (κ3) is 3.60. The molecule has 1 aliphatic rings. The molecule has 0 aromatic heterocycles. The van der Waals surface area contributed by atoms with Gasteiger partial charge in [0.25, 0.3) is 0 Å². The van der Waals surface area contributed by atoms with Crippen molar-refractivity contribution in [1.82, 2.24) is 5.32 Å². The average molecular weight is 277 g/mol. The molecule has 1 aromatic rings. The van der Waals surface area contributed by atoms with Crippen molar-refractivity contribution in [2.45, 2.75) is 44.2 Å². The number of likely N-dealkylation sites (N-methyl/N-ethyl adjacent to an activating group) is 1. The zero-order valence-corrected chi connectivity index (χ0v) is 12.6. The summed E-state index contributed by atoms with van der Waals surface area (Å²) in [5.41, 5.74) is 0.580. The van der Waals surface area contributed by atoms with E-state index in [1.807, 2.05) is 37.4 Å². The van der Waals surface area contributed by atoms with E-state index in [4.69, 9.17) is 4.74 Å². The van der Waals surface area contributed by atoms with Gasteiger partial charge in [0.1, 0.15) is 0 Å². The first-order valence-corrected chi connectivity index (χ1v) is 7.67. The molecule has 112 valence electrons. The van der Waals surface area contributed by atoms with E-state index < -0.39 is 5.54 Å². The lowest BCUT2D eigenvalue weighted by Gasteiger charge is -2.35. The highest BCUT2D eigenvalue weighted by atomic mass is 16.5. The molecule has 1 aliphatic carbocycles. The van der Waals surface area contributed by atoms with Crippen LogP contribution in [0.5, 0.6) is 0 Å². The molecule has 1 aromatic carbocycles. The van der Waals surface area contributed by atoms with E-state index in [1.165, 1.54) is 12.8 Å². The topological polar surface area (TPSA) is 41.5 Å². The Hall–Kier alpha value is -0.900. The molecule has 1 fully saturated rings. The number of rotatable bonds is 6. The molecule has 3 unspecified atom stereocenters. The van der Waals surface area contributed by atoms with Crippen LogP contribution in [0, 0.1) is 5.92 Å². The maximum Gasteiger partial charge on any atom is 0.0903 e. The number of hydrogen-bond acceptors (Lipinski definition) is 3. The predicted molar refractivity (Wildman–Crippen MR) is 81.6 cm³/mol. The SMILES string of the molecule is CNC(CO)(COC1CCCC(C)C1)c1ccccc1. The van der Waals surface area contributed by atoms with Crippen molar-refractivity contribution in [2.75, 3.05) is 20.3 Å². The summed E-state index contributed by atoms with van der Waals surface area (Å²) >= 11 is 0. The van der Waals surface area contributed by atoms with Crippen molar-refractivity contribution in [1.29, 1.82) is 0 Å². The lowest BCUT2D eigenvalue weighted by Crippen LogP contribution is -2.48. The van der Waals surface area contributed by atoms with Gasteiger partial charge in [0, 0.05) is 0 Å². The normalized spacial score (nSPS) is 26.1. The molecular weight excluding hydrogens is 250 g/mol. The van der Waals surface area contributed by atoms with E-state index in [-0.39, 0.29) is 6.61 Å². The molecule has 3 nitrogen and oxygen atoms in total. The molecule has 0 amide bonds. The van der Waals surface area contributed by atoms with Crippen LogP contribution in [-0.2, 0) is 10.3 Å². The Balaban J connectivity index is 2.02. The molecule has 0 heterocycles. The largest absolute Gasteiger partial charge is 0.394 e. The van der Waals surface area contributed by atoms with E-state index in [9.17, 15) is 5.11 Å². The number of aliphatic hydroxyl groups excluding tert-OH is 1. The Morgan fingerprint density at radius 2 is 2.05 bits per heavy atom. The zero-order chi connectivity index (χ0) is 14.4. The second-order valence-electron chi connectivity index (χ2n) is 6.06. The molecule has 0 aliphatic heterocycles. The summed E-state index contributed by atoms with van der Waals surface area (Å²) in [7, 11) is 1.88. The maximum atomic E-state index is 9.87. The Morgan fingerprint density at radius 1 is 1.30 bits per heavy atom. The molecule has 0 radical (unpaired) electrons. The zero-order valence-electron chi connectivity index (χ0n) is 12.6. The fraction of sp³-hybridized carbons (Fsp3) is 0.647. The van der Waals surface area contributed by atoms with Crippen molar-refractivity contribution < 1.29 is 9.84 Å². The minimum absolute atomic E-state index is 0.0375. The van der Waals surface area contributed by atoms with Crippen LogP contribution < -0.4 is 5.32 Å². The Kier molecular flexibility index (Phi) is 5.58. The summed E-state index contributed by atoms with van der Waals surface area (Å²) in [5, 5.41) is 13.1. The van der Waals surface area contributed by atoms with Crippen LogP contribution in [0.2, 0.25) is 0 Å². The number of benzene rings is 1. The standard InChI is InChI=1S/C17H27NO2/c1-14-7-6-10-16(11-14)20-13-17(12-19,18-2)15-8-4-3-5-9-15/h3-5,8-9,14,16,18-19H,6-7,10-13H2,1-2H3. The van der Waals surface area contributed by atoms with Crippen LogP contribution in [0.3, 0.4) is 0 Å². The molecule has 2 N–H and O–H groups in total. The summed E-state index contributed by atoms with van der Waals surface area (Å²) in [5.74, 6) is 0.753. The number of aliphatic hydroxyl groups is 1. The second-order valence-corrected chi connectivity index (χ2v) is 6.06. The van der Waals surface area contributed by atoms with Crippen LogP contribution in [0.4, 0.5) is 0 Å². The van der Waals surface area contributed by atoms with Gasteiger partial charge >= 0.3 is 0 Å². The molecule has 0 bridgehead atoms. The lowest BCUT2D eigenvalue weighted by molar-refractivity contribution is -0.0317. The van der Waals surface area contributed by atoms with Gasteiger partial charge in [-0.3, -0.25) is 0 Å². The van der Waals surface area contributed by atoms with Crippen LogP contribution >= 0.6 is 0 Å². The number of ether oxygens (including phenoxy) is 1. The number of nitrogens with one attached hydrogen (secondary N) is 1. The first kappa shape index (κ1) is 15.5. The summed E-state index contributed by atoms with van der Waals surface area (Å²) < 4.78 is 6.13. The second kappa shape index (κ2) is 7.21. The van der Waals surface area contributed by atoms with Gasteiger partial charge in [-0.05, 0) is 31.4 Å². The van der Waals surface area contributed by atoms with Crippen LogP contribution in [0.15, 0.2) is 30.3 Å². The molecule has 3 atom stereocenters. The number of hydrogen-bond donors (Lipinski definition) is 2. The molecule has 3 heteroatoms. The van der Waals surface area contributed by atoms with E-state index >= 15 is 0 Å². The smallest absolute Gasteiger partial charge is 0.0903 e. The van der Waals surface area contributed by atoms with Crippen molar-refractivity contribution in [3.8, 4) is 0 Å². The third-order valence-corrected chi connectivity index (χ3v) is 4.53. The van der Waals surface area contributed by atoms with E-state index in [0.29, 0.717) is 12.7 Å². The van der Waals surface area contributed by atoms with E-state index in [2.05, 4.69) is 12.2 Å². The van der Waals surface area contributed by atoms with Crippen molar-refractivity contribution in [3.05, 3.63) is 35.9 Å². The summed E-state index contributed by atoms with van der Waals surface area (Å²) in [6.07, 6.45) is 5.19. The average Bonchev–Trinajstić information content (AvgIpc) is 2.50. The van der Waals surface area contributed by atoms with Crippen molar-refractivity contribution in [2.24, 2.45) is 5.92 Å². The van der Waals surface area contributed by atoms with E-state index in [0.717, 1.165) is 24.3 Å². The first-order valence-electron chi connectivity index (χ1n) is 7.67. The van der Waals surface area contributed by atoms with Gasteiger partial charge in [-0.25, -0.2) is 0 Å². The first-order chi connectivity index (χ1) is 9.70. The van der Waals surface area contributed by atoms with Gasteiger partial charge in [-0.15, -0.1) is 0 Å². The summed E-state index contributed by atoms with van der Waals surface area (Å²) in [4.78, 5) is 0. The van der Waals surface area contributed by atoms with Crippen LogP contribution in [0.1, 0.15) is 38.2 Å². The van der Waals surface area contributed by atoms with Crippen molar-refractivity contribution >= 4 is 0 Å². The Labute approximate surface area is 122 Å². The third-order valence-electron chi connectivity index (χ3n) is 4.53. The maximum absolute atomic E-state index is 9.87. The summed E-state index contributed by atoms with van der Waals surface area (Å²) in [6.45, 7) is 2.85. The summed E-state index contributed by atoms with van der Waals surface area (Å²) in [6, 6.07) is 10.1. The predicted octanol–water partition coefficient (Wildman–Crippen LogP) is 2.69. The van der Waals surface area contributed by atoms with Gasteiger partial charge in [0.15, 0.2) is 0 Å². The van der Waals surface area contributed by atoms with Gasteiger partial charge in [0.05, 0.1) is 24.9 Å². The van der Waals surface area contributed by atoms with Crippen LogP contribution in [-0.4, -0.2) is 31.5 Å². The molecule has 0 spiro atoms. The molecule has 0 saturated heterocycles. The van der Waals surface area contributed by atoms with Crippen molar-refractivity contribution in [3.63, 3.8) is 0 Å². The lowest BCUT2D eigenvalue weighted by atomic mass is 9.88. The minimum atomic E-state index is -0.498. The van der Waals surface area contributed by atoms with Gasteiger partial charge in [-0.1, -0.05) is 50.1 Å². The van der Waals surface area contributed by atoms with Gasteiger partial charge in [0.2, 0.25) is 0 Å². The Bertz CT molecular complexity index is 389. The molecule has 1 saturated carbocycles. The quantitative estimate of drug-likeness (QED) is 0.840. The fourth-order valence-corrected chi connectivity index (χ4v) is 3.06. The highest BCUT2D eigenvalue weighted by Crippen LogP contribution is 2.28.